The van der Waals surface area contributed by atoms with E-state index in [0.29, 0.717) is 12.1 Å². The highest BCUT2D eigenvalue weighted by Crippen LogP contribution is 2.36. The molecule has 0 saturated heterocycles. The molecule has 7 heteroatoms. The van der Waals surface area contributed by atoms with Gasteiger partial charge in [-0.15, -0.1) is 0 Å². The Morgan fingerprint density at radius 1 is 0.765 bits per heavy atom. The molecular weight excluding hydrogens is 253 g/mol. The molecule has 0 N–H and O–H groups in total. The molecule has 0 fully saturated rings. The molecule has 1 aromatic carbocycles. The lowest BCUT2D eigenvalue weighted by Crippen LogP contribution is -2.12. The molecule has 0 aromatic heterocycles. The van der Waals surface area contributed by atoms with Crippen molar-refractivity contribution in [1.82, 2.24) is 0 Å². The summed E-state index contributed by atoms with van der Waals surface area (Å²) in [5, 5.41) is 0. The quantitative estimate of drug-likeness (QED) is 0.698. The predicted octanol–water partition coefficient (Wildman–Crippen LogP) is 4.24. The first-order valence-electron chi connectivity index (χ1n) is 4.49. The normalized spacial score (nSPS) is 12.9. The molecule has 0 saturated carbocycles. The van der Waals surface area contributed by atoms with Crippen LogP contribution in [0, 0.1) is 0 Å². The van der Waals surface area contributed by atoms with Crippen molar-refractivity contribution < 1.29 is 30.7 Å². The SMILES string of the molecule is FCCc1cc(C(F)(F)F)cc(C(F)(F)F)c1. The molecule has 0 nitrogen and oxygen atoms in total. The van der Waals surface area contributed by atoms with Crippen LogP contribution < -0.4 is 0 Å². The Balaban J connectivity index is 3.29. The fourth-order valence-electron chi connectivity index (χ4n) is 1.27. The Morgan fingerprint density at radius 3 is 1.47 bits per heavy atom. The van der Waals surface area contributed by atoms with E-state index >= 15 is 0 Å². The van der Waals surface area contributed by atoms with Crippen molar-refractivity contribution in [3.8, 4) is 0 Å². The van der Waals surface area contributed by atoms with Gasteiger partial charge in [0.2, 0.25) is 0 Å². The van der Waals surface area contributed by atoms with E-state index in [1.807, 2.05) is 0 Å². The van der Waals surface area contributed by atoms with E-state index in [1.54, 1.807) is 0 Å². The summed E-state index contributed by atoms with van der Waals surface area (Å²) < 4.78 is 85.9. The second kappa shape index (κ2) is 4.54. The van der Waals surface area contributed by atoms with Gasteiger partial charge in [0.25, 0.3) is 0 Å². The molecule has 0 aliphatic carbocycles. The van der Waals surface area contributed by atoms with Crippen molar-refractivity contribution in [1.29, 1.82) is 0 Å². The van der Waals surface area contributed by atoms with E-state index in [1.165, 1.54) is 0 Å². The van der Waals surface area contributed by atoms with Crippen LogP contribution in [0.25, 0.3) is 0 Å². The van der Waals surface area contributed by atoms with Gasteiger partial charge in [-0.25, -0.2) is 0 Å². The monoisotopic (exact) mass is 260 g/mol. The third-order valence-electron chi connectivity index (χ3n) is 2.03. The molecule has 0 radical (unpaired) electrons. The van der Waals surface area contributed by atoms with Crippen molar-refractivity contribution in [2.45, 2.75) is 18.8 Å². The summed E-state index contributed by atoms with van der Waals surface area (Å²) in [6.45, 7) is -1.02. The van der Waals surface area contributed by atoms with Gasteiger partial charge in [-0.3, -0.25) is 4.39 Å². The van der Waals surface area contributed by atoms with Crippen LogP contribution in [0.2, 0.25) is 0 Å². The number of hydrogen-bond donors (Lipinski definition) is 0. The van der Waals surface area contributed by atoms with Gasteiger partial charge in [0.1, 0.15) is 0 Å². The van der Waals surface area contributed by atoms with E-state index in [4.69, 9.17) is 0 Å². The van der Waals surface area contributed by atoms with Gasteiger partial charge in [-0.1, -0.05) is 0 Å². The lowest BCUT2D eigenvalue weighted by Gasteiger charge is -2.13. The molecule has 96 valence electrons. The van der Waals surface area contributed by atoms with Crippen molar-refractivity contribution in [3.63, 3.8) is 0 Å². The Labute approximate surface area is 92.0 Å². The van der Waals surface area contributed by atoms with Gasteiger partial charge in [-0.2, -0.15) is 26.3 Å². The van der Waals surface area contributed by atoms with E-state index in [2.05, 4.69) is 0 Å². The average Bonchev–Trinajstić information content (AvgIpc) is 2.15. The van der Waals surface area contributed by atoms with Gasteiger partial charge in [0.15, 0.2) is 0 Å². The summed E-state index contributed by atoms with van der Waals surface area (Å²) in [4.78, 5) is 0. The van der Waals surface area contributed by atoms with Crippen molar-refractivity contribution in [2.24, 2.45) is 0 Å². The van der Waals surface area contributed by atoms with Crippen molar-refractivity contribution in [2.75, 3.05) is 6.67 Å². The maximum Gasteiger partial charge on any atom is 0.416 e. The topological polar surface area (TPSA) is 0 Å². The van der Waals surface area contributed by atoms with Gasteiger partial charge in [0.05, 0.1) is 17.8 Å². The number of aryl methyl sites for hydroxylation is 1. The smallest absolute Gasteiger partial charge is 0.251 e. The number of rotatable bonds is 2. The molecule has 0 bridgehead atoms. The molecule has 0 amide bonds. The second-order valence-electron chi connectivity index (χ2n) is 3.35. The fourth-order valence-corrected chi connectivity index (χ4v) is 1.27. The van der Waals surface area contributed by atoms with E-state index in [9.17, 15) is 30.7 Å². The highest BCUT2D eigenvalue weighted by molar-refractivity contribution is 5.33. The summed E-state index contributed by atoms with van der Waals surface area (Å²) in [5.74, 6) is 0. The standard InChI is InChI=1S/C10H7F7/c11-2-1-6-3-7(9(12,13)14)5-8(4-6)10(15,16)17/h3-5H,1-2H2. The lowest BCUT2D eigenvalue weighted by atomic mass is 10.0. The second-order valence-corrected chi connectivity index (χ2v) is 3.35. The summed E-state index contributed by atoms with van der Waals surface area (Å²) in [5.41, 5.74) is -3.17. The molecule has 0 atom stereocenters. The van der Waals surface area contributed by atoms with Gasteiger partial charge in [-0.05, 0) is 23.8 Å². The molecular formula is C10H7F7. The summed E-state index contributed by atoms with van der Waals surface area (Å²) >= 11 is 0. The number of halogens is 7. The molecule has 0 unspecified atom stereocenters. The summed E-state index contributed by atoms with van der Waals surface area (Å²) in [6.07, 6.45) is -10.2. The third-order valence-corrected chi connectivity index (χ3v) is 2.03. The number of benzene rings is 1. The minimum atomic E-state index is -4.88. The van der Waals surface area contributed by atoms with Crippen LogP contribution in [0.1, 0.15) is 16.7 Å². The molecule has 1 rings (SSSR count). The number of hydrogen-bond acceptors (Lipinski definition) is 0. The largest absolute Gasteiger partial charge is 0.416 e. The Morgan fingerprint density at radius 2 is 1.18 bits per heavy atom. The fraction of sp³-hybridized carbons (Fsp3) is 0.400. The van der Waals surface area contributed by atoms with Crippen LogP contribution in [0.5, 0.6) is 0 Å². The van der Waals surface area contributed by atoms with Crippen molar-refractivity contribution >= 4 is 0 Å². The average molecular weight is 260 g/mol. The first-order chi connectivity index (χ1) is 7.64. The maximum atomic E-state index is 12.3. The molecule has 0 aliphatic heterocycles. The first kappa shape index (κ1) is 13.8. The Kier molecular flexibility index (Phi) is 3.68. The molecule has 0 aliphatic rings. The van der Waals surface area contributed by atoms with E-state index in [0.717, 1.165) is 0 Å². The highest BCUT2D eigenvalue weighted by Gasteiger charge is 2.36. The molecule has 1 aromatic rings. The van der Waals surface area contributed by atoms with Gasteiger partial charge in [0, 0.05) is 6.42 Å². The minimum absolute atomic E-state index is 0.0156. The van der Waals surface area contributed by atoms with E-state index < -0.39 is 36.6 Å². The molecule has 0 heterocycles. The highest BCUT2D eigenvalue weighted by atomic mass is 19.4. The van der Waals surface area contributed by atoms with Crippen LogP contribution in [0.4, 0.5) is 30.7 Å². The summed E-state index contributed by atoms with van der Waals surface area (Å²) in [6, 6.07) is 1.06. The van der Waals surface area contributed by atoms with Gasteiger partial charge < -0.3 is 0 Å². The lowest BCUT2D eigenvalue weighted by molar-refractivity contribution is -0.143. The van der Waals surface area contributed by atoms with Crippen LogP contribution in [-0.4, -0.2) is 6.67 Å². The Bertz CT molecular complexity index is 356. The third kappa shape index (κ3) is 3.61. The zero-order chi connectivity index (χ0) is 13.3. The van der Waals surface area contributed by atoms with Gasteiger partial charge >= 0.3 is 12.4 Å². The summed E-state index contributed by atoms with van der Waals surface area (Å²) in [7, 11) is 0. The predicted molar refractivity (Wildman–Crippen MR) is 46.1 cm³/mol. The Hall–Kier alpha value is -1.27. The zero-order valence-electron chi connectivity index (χ0n) is 8.29. The van der Waals surface area contributed by atoms with Crippen LogP contribution in [-0.2, 0) is 18.8 Å². The molecule has 17 heavy (non-hydrogen) atoms. The minimum Gasteiger partial charge on any atom is -0.251 e. The van der Waals surface area contributed by atoms with Crippen LogP contribution >= 0.6 is 0 Å². The first-order valence-corrected chi connectivity index (χ1v) is 4.49. The maximum absolute atomic E-state index is 12.3. The van der Waals surface area contributed by atoms with Crippen molar-refractivity contribution in [3.05, 3.63) is 34.9 Å². The molecule has 0 spiro atoms. The zero-order valence-corrected chi connectivity index (χ0v) is 8.29. The van der Waals surface area contributed by atoms with Crippen LogP contribution in [0.3, 0.4) is 0 Å². The van der Waals surface area contributed by atoms with Crippen LogP contribution in [0.15, 0.2) is 18.2 Å². The van der Waals surface area contributed by atoms with E-state index in [-0.39, 0.29) is 11.6 Å². The number of alkyl halides is 7.